The lowest BCUT2D eigenvalue weighted by Gasteiger charge is -2.39. The van der Waals surface area contributed by atoms with Crippen molar-refractivity contribution in [3.63, 3.8) is 0 Å². The van der Waals surface area contributed by atoms with Gasteiger partial charge in [-0.15, -0.1) is 5.46 Å². The predicted molar refractivity (Wildman–Crippen MR) is 145 cm³/mol. The second-order valence-corrected chi connectivity index (χ2v) is 9.44. The van der Waals surface area contributed by atoms with Crippen LogP contribution in [-0.2, 0) is 9.53 Å². The first kappa shape index (κ1) is 33.2. The molecule has 0 atom stereocenters. The van der Waals surface area contributed by atoms with E-state index in [1.165, 1.54) is 100 Å². The second kappa shape index (κ2) is 18.5. The Bertz CT molecular complexity index is 680. The van der Waals surface area contributed by atoms with Gasteiger partial charge in [-0.25, -0.2) is 4.79 Å². The summed E-state index contributed by atoms with van der Waals surface area (Å²) >= 11 is 0. The van der Waals surface area contributed by atoms with Crippen molar-refractivity contribution in [1.29, 1.82) is 0 Å². The molecule has 0 aliphatic heterocycles. The monoisotopic (exact) mass is 499 g/mol. The van der Waals surface area contributed by atoms with Gasteiger partial charge in [0.1, 0.15) is 0 Å². The third-order valence-corrected chi connectivity index (χ3v) is 6.24. The van der Waals surface area contributed by atoms with Crippen LogP contribution in [0.1, 0.15) is 98.5 Å². The van der Waals surface area contributed by atoms with Crippen LogP contribution in [-0.4, -0.2) is 50.2 Å². The summed E-state index contributed by atoms with van der Waals surface area (Å²) in [6.07, 6.45) is 12.6. The van der Waals surface area contributed by atoms with Crippen molar-refractivity contribution in [2.24, 2.45) is 0 Å². The highest BCUT2D eigenvalue weighted by Crippen LogP contribution is 2.16. The van der Waals surface area contributed by atoms with E-state index in [4.69, 9.17) is 4.74 Å². The van der Waals surface area contributed by atoms with Crippen molar-refractivity contribution >= 4 is 24.5 Å². The van der Waals surface area contributed by atoms with E-state index in [1.54, 1.807) is 13.8 Å². The summed E-state index contributed by atoms with van der Waals surface area (Å²) in [7, 11) is 0. The second-order valence-electron chi connectivity index (χ2n) is 9.44. The van der Waals surface area contributed by atoms with Crippen LogP contribution in [0.3, 0.4) is 0 Å². The Hall–Kier alpha value is -1.76. The third-order valence-electron chi connectivity index (χ3n) is 6.24. The lowest BCUT2D eigenvalue weighted by Crippen LogP contribution is -2.50. The van der Waals surface area contributed by atoms with Gasteiger partial charge in [0.25, 0.3) is 0 Å². The molecule has 0 N–H and O–H groups in total. The number of ether oxygens (including phenoxy) is 1. The van der Waals surface area contributed by atoms with Crippen LogP contribution in [0.5, 0.6) is 0 Å². The first-order chi connectivity index (χ1) is 16.6. The number of esters is 1. The Morgan fingerprint density at radius 3 is 1.51 bits per heavy atom. The minimum atomic E-state index is -4.98. The molecule has 0 fully saturated rings. The smallest absolute Gasteiger partial charge is 0.463 e. The van der Waals surface area contributed by atoms with Crippen LogP contribution >= 0.6 is 0 Å². The SMILES string of the molecule is CCCC[N+](CCCC)(CCCC)CCCC.CCOC(=O)/C(C)=C/c1ccc([B-](F)(F)F)cc1. The lowest BCUT2D eigenvalue weighted by molar-refractivity contribution is -0.929. The van der Waals surface area contributed by atoms with Crippen LogP contribution in [0, 0.1) is 0 Å². The molecule has 1 aromatic carbocycles. The molecule has 0 aromatic heterocycles. The number of hydrogen-bond acceptors (Lipinski definition) is 2. The fraction of sp³-hybridized carbons (Fsp3) is 0.679. The zero-order valence-corrected chi connectivity index (χ0v) is 23.1. The number of rotatable bonds is 16. The normalized spacial score (nSPS) is 12.2. The maximum Gasteiger partial charge on any atom is 0.509 e. The fourth-order valence-corrected chi connectivity index (χ4v) is 4.01. The summed E-state index contributed by atoms with van der Waals surface area (Å²) in [5.41, 5.74) is 0.229. The van der Waals surface area contributed by atoms with Crippen molar-refractivity contribution in [1.82, 2.24) is 0 Å². The van der Waals surface area contributed by atoms with Gasteiger partial charge < -0.3 is 22.2 Å². The van der Waals surface area contributed by atoms with Crippen molar-refractivity contribution < 1.29 is 27.0 Å². The molecule has 1 aromatic rings. The summed E-state index contributed by atoms with van der Waals surface area (Å²) in [6.45, 7) is 13.5. The van der Waals surface area contributed by atoms with Gasteiger partial charge >= 0.3 is 12.9 Å². The number of halogens is 3. The Balaban J connectivity index is 0.000000662. The van der Waals surface area contributed by atoms with Gasteiger partial charge in [-0.1, -0.05) is 77.6 Å². The van der Waals surface area contributed by atoms with E-state index >= 15 is 0 Å². The number of benzene rings is 1. The average Bonchev–Trinajstić information content (AvgIpc) is 2.83. The molecule has 0 spiro atoms. The first-order valence-corrected chi connectivity index (χ1v) is 13.6. The van der Waals surface area contributed by atoms with Gasteiger partial charge in [0.2, 0.25) is 0 Å². The maximum atomic E-state index is 12.4. The highest BCUT2D eigenvalue weighted by atomic mass is 19.4. The summed E-state index contributed by atoms with van der Waals surface area (Å²) in [6, 6.07) is 4.66. The molecule has 202 valence electrons. The standard InChI is InChI=1S/C16H36N.C12H13BF3O2/c1-5-9-13-17(14-10-6-2,15-11-7-3)16-12-8-4;1-3-18-12(17)9(2)8-10-4-6-11(7-5-10)13(14,15)16/h5-16H2,1-4H3;4-8H,3H2,1-2H3/q+1;-1/b;9-8+. The topological polar surface area (TPSA) is 26.3 Å². The molecular weight excluding hydrogens is 450 g/mol. The molecule has 7 heteroatoms. The molecule has 0 radical (unpaired) electrons. The number of hydrogen-bond donors (Lipinski definition) is 0. The van der Waals surface area contributed by atoms with Gasteiger partial charge in [-0.2, -0.15) is 0 Å². The van der Waals surface area contributed by atoms with E-state index in [1.807, 2.05) is 0 Å². The van der Waals surface area contributed by atoms with Crippen molar-refractivity contribution in [2.75, 3.05) is 32.8 Å². The van der Waals surface area contributed by atoms with E-state index in [9.17, 15) is 17.7 Å². The fourth-order valence-electron chi connectivity index (χ4n) is 4.01. The summed E-state index contributed by atoms with van der Waals surface area (Å²) < 4.78 is 43.3. The van der Waals surface area contributed by atoms with Gasteiger partial charge in [-0.3, -0.25) is 0 Å². The van der Waals surface area contributed by atoms with Crippen molar-refractivity contribution in [2.45, 2.75) is 92.9 Å². The highest BCUT2D eigenvalue weighted by Gasteiger charge is 2.25. The Morgan fingerprint density at radius 1 is 0.800 bits per heavy atom. The van der Waals surface area contributed by atoms with Gasteiger partial charge in [0.15, 0.2) is 0 Å². The number of nitrogens with zero attached hydrogens (tertiary/aromatic N) is 1. The lowest BCUT2D eigenvalue weighted by atomic mass is 9.80. The highest BCUT2D eigenvalue weighted by molar-refractivity contribution is 6.73. The molecule has 1 rings (SSSR count). The number of unbranched alkanes of at least 4 members (excludes halogenated alkanes) is 4. The summed E-state index contributed by atoms with van der Waals surface area (Å²) in [5.74, 6) is -0.471. The predicted octanol–water partition coefficient (Wildman–Crippen LogP) is 7.71. The molecule has 0 unspecified atom stereocenters. The summed E-state index contributed by atoms with van der Waals surface area (Å²) in [5, 5.41) is 0. The van der Waals surface area contributed by atoms with Gasteiger partial charge in [-0.05, 0) is 51.2 Å². The van der Waals surface area contributed by atoms with Crippen LogP contribution in [0.2, 0.25) is 0 Å². The quantitative estimate of drug-likeness (QED) is 0.101. The van der Waals surface area contributed by atoms with Crippen LogP contribution in [0.25, 0.3) is 6.08 Å². The molecule has 0 saturated carbocycles. The number of carbonyl (C=O) groups is 1. The van der Waals surface area contributed by atoms with Gasteiger partial charge in [0.05, 0.1) is 32.8 Å². The first-order valence-electron chi connectivity index (χ1n) is 13.6. The van der Waals surface area contributed by atoms with E-state index < -0.39 is 18.4 Å². The van der Waals surface area contributed by atoms with E-state index in [-0.39, 0.29) is 6.61 Å². The van der Waals surface area contributed by atoms with Gasteiger partial charge in [0, 0.05) is 5.57 Å². The molecule has 35 heavy (non-hydrogen) atoms. The molecule has 0 aliphatic carbocycles. The molecule has 0 aliphatic rings. The van der Waals surface area contributed by atoms with E-state index in [2.05, 4.69) is 27.7 Å². The average molecular weight is 500 g/mol. The molecule has 0 heterocycles. The summed E-state index contributed by atoms with van der Waals surface area (Å²) in [4.78, 5) is 11.3. The molecule has 0 saturated heterocycles. The Kier molecular flexibility index (Phi) is 17.6. The van der Waals surface area contributed by atoms with Crippen LogP contribution in [0.4, 0.5) is 12.9 Å². The maximum absolute atomic E-state index is 12.4. The minimum absolute atomic E-state index is 0.263. The minimum Gasteiger partial charge on any atom is -0.463 e. The van der Waals surface area contributed by atoms with E-state index in [0.717, 1.165) is 12.1 Å². The Morgan fingerprint density at radius 2 is 1.20 bits per heavy atom. The van der Waals surface area contributed by atoms with Crippen molar-refractivity contribution in [3.8, 4) is 0 Å². The zero-order chi connectivity index (χ0) is 26.7. The molecular formula is C28H49BF3NO2. The van der Waals surface area contributed by atoms with Crippen LogP contribution in [0.15, 0.2) is 29.8 Å². The van der Waals surface area contributed by atoms with E-state index in [0.29, 0.717) is 11.1 Å². The van der Waals surface area contributed by atoms with Crippen molar-refractivity contribution in [3.05, 3.63) is 35.4 Å². The molecule has 3 nitrogen and oxygen atoms in total. The largest absolute Gasteiger partial charge is 0.509 e. The Labute approximate surface area is 212 Å². The third kappa shape index (κ3) is 14.4. The number of quaternary nitrogens is 1. The van der Waals surface area contributed by atoms with Crippen LogP contribution < -0.4 is 5.46 Å². The zero-order valence-electron chi connectivity index (χ0n) is 23.1. The molecule has 0 bridgehead atoms. The number of carbonyl (C=O) groups excluding carboxylic acids is 1. The molecule has 0 amide bonds.